The van der Waals surface area contributed by atoms with E-state index in [0.717, 1.165) is 16.0 Å². The molecule has 162 valence electrons. The summed E-state index contributed by atoms with van der Waals surface area (Å²) in [6, 6.07) is 13.8. The van der Waals surface area contributed by atoms with Crippen LogP contribution >= 0.6 is 11.3 Å². The number of fused-ring (bicyclic) bond motifs is 1. The maximum Gasteiger partial charge on any atom is 0.261 e. The Morgan fingerprint density at radius 2 is 1.70 bits per heavy atom. The first-order valence-corrected chi connectivity index (χ1v) is 10.8. The van der Waals surface area contributed by atoms with Crippen molar-refractivity contribution in [2.24, 2.45) is 0 Å². The van der Waals surface area contributed by atoms with Crippen molar-refractivity contribution in [3.8, 4) is 11.3 Å². The van der Waals surface area contributed by atoms with Crippen LogP contribution in [0, 0.1) is 5.82 Å². The molecule has 1 N–H and O–H groups in total. The van der Waals surface area contributed by atoms with E-state index in [4.69, 9.17) is 0 Å². The van der Waals surface area contributed by atoms with Crippen molar-refractivity contribution < 1.29 is 18.8 Å². The molecule has 0 radical (unpaired) electrons. The normalized spacial score (nSPS) is 12.7. The molecule has 7 nitrogen and oxygen atoms in total. The van der Waals surface area contributed by atoms with E-state index in [1.54, 1.807) is 42.0 Å². The number of nitrogens with zero attached hydrogens (tertiary/aromatic N) is 3. The second-order valence-corrected chi connectivity index (χ2v) is 8.17. The maximum absolute atomic E-state index is 13.1. The number of rotatable bonds is 5. The molecule has 1 aliphatic heterocycles. The van der Waals surface area contributed by atoms with E-state index in [9.17, 15) is 18.8 Å². The molecule has 0 spiro atoms. The fourth-order valence-electron chi connectivity index (χ4n) is 3.50. The quantitative estimate of drug-likeness (QED) is 0.448. The van der Waals surface area contributed by atoms with E-state index in [2.05, 4.69) is 15.3 Å². The molecule has 0 atom stereocenters. The summed E-state index contributed by atoms with van der Waals surface area (Å²) in [6.07, 6.45) is 3.19. The van der Waals surface area contributed by atoms with Crippen molar-refractivity contribution in [2.45, 2.75) is 6.54 Å². The summed E-state index contributed by atoms with van der Waals surface area (Å²) >= 11 is 1.23. The summed E-state index contributed by atoms with van der Waals surface area (Å²) in [6.45, 7) is 0.127. The highest BCUT2D eigenvalue weighted by Gasteiger charge is 2.36. The minimum Gasteiger partial charge on any atom is -0.298 e. The molecule has 0 bridgehead atoms. The van der Waals surface area contributed by atoms with E-state index >= 15 is 0 Å². The van der Waals surface area contributed by atoms with Crippen molar-refractivity contribution in [2.75, 3.05) is 5.32 Å². The number of hydrogen-bond acceptors (Lipinski definition) is 6. The molecule has 9 heteroatoms. The predicted molar refractivity (Wildman–Crippen MR) is 120 cm³/mol. The van der Waals surface area contributed by atoms with Crippen LogP contribution in [0.5, 0.6) is 0 Å². The van der Waals surface area contributed by atoms with Gasteiger partial charge in [0.05, 0.1) is 23.4 Å². The van der Waals surface area contributed by atoms with Crippen LogP contribution in [0.1, 0.15) is 36.6 Å². The minimum atomic E-state index is -0.453. The molecule has 1 aliphatic rings. The topological polar surface area (TPSA) is 92.3 Å². The number of amides is 3. The zero-order valence-corrected chi connectivity index (χ0v) is 17.8. The zero-order valence-electron chi connectivity index (χ0n) is 17.0. The van der Waals surface area contributed by atoms with Crippen LogP contribution in [-0.2, 0) is 6.54 Å². The highest BCUT2D eigenvalue weighted by molar-refractivity contribution is 7.14. The average molecular weight is 458 g/mol. The second-order valence-electron chi connectivity index (χ2n) is 7.31. The molecule has 2 aromatic heterocycles. The van der Waals surface area contributed by atoms with Gasteiger partial charge in [0, 0.05) is 28.9 Å². The van der Waals surface area contributed by atoms with Gasteiger partial charge in [-0.2, -0.15) is 0 Å². The maximum atomic E-state index is 13.1. The van der Waals surface area contributed by atoms with Crippen LogP contribution in [-0.4, -0.2) is 32.6 Å². The summed E-state index contributed by atoms with van der Waals surface area (Å²) < 4.78 is 13.1. The zero-order chi connectivity index (χ0) is 22.9. The molecule has 3 amide bonds. The first kappa shape index (κ1) is 20.7. The average Bonchev–Trinajstić information content (AvgIpc) is 3.39. The fraction of sp³-hybridized carbons (Fsp3) is 0.0417. The third kappa shape index (κ3) is 4.01. The fourth-order valence-corrected chi connectivity index (χ4v) is 4.21. The van der Waals surface area contributed by atoms with Gasteiger partial charge in [0.2, 0.25) is 0 Å². The van der Waals surface area contributed by atoms with Gasteiger partial charge in [-0.3, -0.25) is 29.6 Å². The predicted octanol–water partition coefficient (Wildman–Crippen LogP) is 4.39. The van der Waals surface area contributed by atoms with Crippen LogP contribution in [0.25, 0.3) is 11.3 Å². The van der Waals surface area contributed by atoms with Gasteiger partial charge < -0.3 is 0 Å². The number of hydrogen-bond donors (Lipinski definition) is 1. The molecule has 0 unspecified atom stereocenters. The third-order valence-corrected chi connectivity index (χ3v) is 5.95. The molecule has 0 aliphatic carbocycles. The number of carbonyl (C=O) groups is 3. The van der Waals surface area contributed by atoms with E-state index < -0.39 is 17.7 Å². The summed E-state index contributed by atoms with van der Waals surface area (Å²) in [5.41, 5.74) is 2.80. The third-order valence-electron chi connectivity index (χ3n) is 5.19. The molecule has 0 saturated carbocycles. The van der Waals surface area contributed by atoms with Gasteiger partial charge in [-0.15, -0.1) is 11.3 Å². The van der Waals surface area contributed by atoms with Crippen molar-refractivity contribution in [1.29, 1.82) is 0 Å². The molecule has 33 heavy (non-hydrogen) atoms. The number of thiazole rings is 1. The van der Waals surface area contributed by atoms with Crippen LogP contribution < -0.4 is 5.32 Å². The molecule has 3 heterocycles. The number of imide groups is 1. The number of anilines is 1. The monoisotopic (exact) mass is 458 g/mol. The standard InChI is InChI=1S/C24H15FN4O3S/c25-17-4-1-15(2-5-17)20-13-33-24(27-20)28-21(30)16-3-6-18-19(11-16)23(32)29(22(18)31)12-14-7-9-26-10-8-14/h1-11,13H,12H2,(H,27,28,30). The van der Waals surface area contributed by atoms with Gasteiger partial charge in [0.1, 0.15) is 5.82 Å². The SMILES string of the molecule is O=C(Nc1nc(-c2ccc(F)cc2)cs1)c1ccc2c(c1)C(=O)N(Cc1ccncc1)C2=O. The summed E-state index contributed by atoms with van der Waals surface area (Å²) in [4.78, 5) is 47.8. The Kier molecular flexibility index (Phi) is 5.23. The number of carbonyl (C=O) groups excluding carboxylic acids is 3. The van der Waals surface area contributed by atoms with Crippen LogP contribution in [0.3, 0.4) is 0 Å². The Labute approximate surface area is 191 Å². The smallest absolute Gasteiger partial charge is 0.261 e. The van der Waals surface area contributed by atoms with Crippen molar-refractivity contribution in [3.05, 3.63) is 100 Å². The minimum absolute atomic E-state index is 0.127. The van der Waals surface area contributed by atoms with Crippen molar-refractivity contribution in [1.82, 2.24) is 14.9 Å². The first-order valence-electron chi connectivity index (χ1n) is 9.91. The summed E-state index contributed by atoms with van der Waals surface area (Å²) in [5.74, 6) is -1.64. The lowest BCUT2D eigenvalue weighted by Gasteiger charge is -2.13. The van der Waals surface area contributed by atoms with Gasteiger partial charge in [0.25, 0.3) is 17.7 Å². The number of nitrogens with one attached hydrogen (secondary N) is 1. The Balaban J connectivity index is 1.33. The number of aromatic nitrogens is 2. The lowest BCUT2D eigenvalue weighted by atomic mass is 10.1. The van der Waals surface area contributed by atoms with E-state index in [1.807, 2.05) is 0 Å². The van der Waals surface area contributed by atoms with Crippen LogP contribution in [0.15, 0.2) is 72.4 Å². The van der Waals surface area contributed by atoms with Crippen molar-refractivity contribution >= 4 is 34.2 Å². The van der Waals surface area contributed by atoms with Crippen LogP contribution in [0.2, 0.25) is 0 Å². The number of halogens is 1. The van der Waals surface area contributed by atoms with Gasteiger partial charge in [-0.05, 0) is 60.2 Å². The molecule has 2 aromatic carbocycles. The van der Waals surface area contributed by atoms with Gasteiger partial charge in [0.15, 0.2) is 5.13 Å². The molecule has 5 rings (SSSR count). The lowest BCUT2D eigenvalue weighted by Crippen LogP contribution is -2.29. The Morgan fingerprint density at radius 3 is 2.45 bits per heavy atom. The van der Waals surface area contributed by atoms with E-state index in [-0.39, 0.29) is 29.1 Å². The highest BCUT2D eigenvalue weighted by atomic mass is 32.1. The van der Waals surface area contributed by atoms with E-state index in [1.165, 1.54) is 41.7 Å². The van der Waals surface area contributed by atoms with E-state index in [0.29, 0.717) is 10.8 Å². The molecular formula is C24H15FN4O3S. The molecular weight excluding hydrogens is 443 g/mol. The Bertz CT molecular complexity index is 1390. The number of pyridine rings is 1. The number of benzene rings is 2. The van der Waals surface area contributed by atoms with Gasteiger partial charge in [-0.1, -0.05) is 0 Å². The Morgan fingerprint density at radius 1 is 0.970 bits per heavy atom. The summed E-state index contributed by atoms with van der Waals surface area (Å²) in [5, 5.41) is 4.82. The van der Waals surface area contributed by atoms with Gasteiger partial charge >= 0.3 is 0 Å². The summed E-state index contributed by atoms with van der Waals surface area (Å²) in [7, 11) is 0. The molecule has 0 fully saturated rings. The first-order chi connectivity index (χ1) is 16.0. The van der Waals surface area contributed by atoms with Crippen molar-refractivity contribution in [3.63, 3.8) is 0 Å². The highest BCUT2D eigenvalue weighted by Crippen LogP contribution is 2.28. The van der Waals surface area contributed by atoms with Gasteiger partial charge in [-0.25, -0.2) is 9.37 Å². The molecule has 4 aromatic rings. The second kappa shape index (κ2) is 8.36. The lowest BCUT2D eigenvalue weighted by molar-refractivity contribution is 0.0642. The largest absolute Gasteiger partial charge is 0.298 e. The Hall–Kier alpha value is -4.24. The van der Waals surface area contributed by atoms with Crippen LogP contribution in [0.4, 0.5) is 9.52 Å². The molecule has 0 saturated heterocycles.